The Morgan fingerprint density at radius 2 is 1.81 bits per heavy atom. The Hall–Kier alpha value is -3.33. The second-order valence-electron chi connectivity index (χ2n) is 9.13. The van der Waals surface area contributed by atoms with E-state index in [-0.39, 0.29) is 30.2 Å². The number of carbonyl (C=O) groups excluding carboxylic acids is 2. The zero-order valence-electron chi connectivity index (χ0n) is 21.0. The average molecular weight is 508 g/mol. The summed E-state index contributed by atoms with van der Waals surface area (Å²) in [6.45, 7) is 4.29. The number of hydrogen-bond donors (Lipinski definition) is 2. The van der Waals surface area contributed by atoms with Crippen molar-refractivity contribution in [2.75, 3.05) is 18.2 Å². The average Bonchev–Trinajstić information content (AvgIpc) is 3.31. The molecule has 0 saturated heterocycles. The molecule has 0 atom stereocenters. The van der Waals surface area contributed by atoms with Gasteiger partial charge in [0.15, 0.2) is 11.0 Å². The third kappa shape index (κ3) is 6.46. The third-order valence-electron chi connectivity index (χ3n) is 6.42. The number of anilines is 1. The minimum Gasteiger partial charge on any atom is -0.497 e. The summed E-state index contributed by atoms with van der Waals surface area (Å²) in [4.78, 5) is 25.4. The summed E-state index contributed by atoms with van der Waals surface area (Å²) < 4.78 is 7.29. The van der Waals surface area contributed by atoms with Crippen molar-refractivity contribution in [1.82, 2.24) is 20.1 Å². The van der Waals surface area contributed by atoms with Gasteiger partial charge in [-0.2, -0.15) is 0 Å². The van der Waals surface area contributed by atoms with Crippen LogP contribution in [0, 0.1) is 13.8 Å². The molecule has 36 heavy (non-hydrogen) atoms. The predicted octanol–water partition coefficient (Wildman–Crippen LogP) is 5.07. The molecule has 2 N–H and O–H groups in total. The van der Waals surface area contributed by atoms with Crippen LogP contribution in [-0.2, 0) is 11.3 Å². The normalized spacial score (nSPS) is 13.9. The monoisotopic (exact) mass is 507 g/mol. The van der Waals surface area contributed by atoms with Crippen molar-refractivity contribution in [1.29, 1.82) is 0 Å². The Bertz CT molecular complexity index is 1200. The smallest absolute Gasteiger partial charge is 0.251 e. The van der Waals surface area contributed by atoms with Crippen molar-refractivity contribution < 1.29 is 14.3 Å². The predicted molar refractivity (Wildman–Crippen MR) is 142 cm³/mol. The van der Waals surface area contributed by atoms with Gasteiger partial charge in [-0.3, -0.25) is 9.59 Å². The zero-order chi connectivity index (χ0) is 25.5. The van der Waals surface area contributed by atoms with E-state index < -0.39 is 0 Å². The second-order valence-corrected chi connectivity index (χ2v) is 10.1. The number of hydrogen-bond acceptors (Lipinski definition) is 6. The van der Waals surface area contributed by atoms with Gasteiger partial charge in [0.2, 0.25) is 5.91 Å². The van der Waals surface area contributed by atoms with Crippen LogP contribution in [0.15, 0.2) is 47.6 Å². The highest BCUT2D eigenvalue weighted by molar-refractivity contribution is 7.99. The molecule has 4 rings (SSSR count). The van der Waals surface area contributed by atoms with E-state index in [2.05, 4.69) is 31.5 Å². The number of nitrogens with one attached hydrogen (secondary N) is 2. The number of nitrogens with zero attached hydrogens (tertiary/aromatic N) is 3. The molecule has 9 heteroatoms. The number of benzene rings is 2. The van der Waals surface area contributed by atoms with Gasteiger partial charge in [-0.15, -0.1) is 10.2 Å². The molecule has 0 unspecified atom stereocenters. The number of aryl methyl sites for hydroxylation is 2. The molecule has 0 spiro atoms. The first-order valence-corrected chi connectivity index (χ1v) is 13.3. The summed E-state index contributed by atoms with van der Waals surface area (Å²) in [6, 6.07) is 13.2. The number of thioether (sulfide) groups is 1. The van der Waals surface area contributed by atoms with Crippen LogP contribution in [0.5, 0.6) is 5.75 Å². The molecule has 1 heterocycles. The maximum Gasteiger partial charge on any atom is 0.251 e. The van der Waals surface area contributed by atoms with E-state index in [9.17, 15) is 9.59 Å². The third-order valence-corrected chi connectivity index (χ3v) is 7.37. The number of amides is 2. The molecular weight excluding hydrogens is 474 g/mol. The molecule has 1 aliphatic carbocycles. The maximum atomic E-state index is 12.7. The number of rotatable bonds is 9. The van der Waals surface area contributed by atoms with Gasteiger partial charge in [-0.05, 0) is 62.6 Å². The summed E-state index contributed by atoms with van der Waals surface area (Å²) in [5.41, 5.74) is 3.57. The first-order chi connectivity index (χ1) is 17.4. The van der Waals surface area contributed by atoms with Crippen molar-refractivity contribution in [3.05, 3.63) is 65.0 Å². The summed E-state index contributed by atoms with van der Waals surface area (Å²) in [5.74, 6) is 1.38. The van der Waals surface area contributed by atoms with Gasteiger partial charge in [-0.1, -0.05) is 48.7 Å². The van der Waals surface area contributed by atoms with Crippen molar-refractivity contribution in [3.8, 4) is 5.75 Å². The van der Waals surface area contributed by atoms with E-state index in [0.717, 1.165) is 42.5 Å². The Labute approximate surface area is 216 Å². The lowest BCUT2D eigenvalue weighted by molar-refractivity contribution is -0.113. The van der Waals surface area contributed by atoms with Gasteiger partial charge in [0.1, 0.15) is 5.75 Å². The van der Waals surface area contributed by atoms with Crippen LogP contribution in [0.2, 0.25) is 0 Å². The lowest BCUT2D eigenvalue weighted by Crippen LogP contribution is -2.26. The number of ether oxygens (including phenoxy) is 1. The van der Waals surface area contributed by atoms with E-state index >= 15 is 0 Å². The quantitative estimate of drug-likeness (QED) is 0.393. The van der Waals surface area contributed by atoms with Gasteiger partial charge in [0.05, 0.1) is 19.4 Å². The topological polar surface area (TPSA) is 98.1 Å². The standard InChI is InChI=1S/C27H33N5O3S/c1-18-9-14-23(19(2)15-18)29-25(33)17-36-27-31-30-24(32(27)21-7-5-4-6-8-21)16-28-26(34)20-10-12-22(35-3)13-11-20/h9-15,21H,4-8,16-17H2,1-3H3,(H,28,34)(H,29,33). The van der Waals surface area contributed by atoms with Crippen LogP contribution in [0.3, 0.4) is 0 Å². The maximum absolute atomic E-state index is 12.7. The first kappa shape index (κ1) is 25.8. The van der Waals surface area contributed by atoms with E-state index in [1.54, 1.807) is 31.4 Å². The SMILES string of the molecule is COc1ccc(C(=O)NCc2nnc(SCC(=O)Nc3ccc(C)cc3C)n2C2CCCCC2)cc1. The minimum absolute atomic E-state index is 0.0838. The first-order valence-electron chi connectivity index (χ1n) is 12.3. The molecule has 1 fully saturated rings. The highest BCUT2D eigenvalue weighted by atomic mass is 32.2. The molecule has 190 valence electrons. The van der Waals surface area contributed by atoms with E-state index in [0.29, 0.717) is 22.3 Å². The molecule has 1 saturated carbocycles. The van der Waals surface area contributed by atoms with Crippen LogP contribution in [-0.4, -0.2) is 39.4 Å². The summed E-state index contributed by atoms with van der Waals surface area (Å²) in [7, 11) is 1.59. The van der Waals surface area contributed by atoms with Gasteiger partial charge < -0.3 is 19.9 Å². The van der Waals surface area contributed by atoms with E-state index in [1.807, 2.05) is 26.0 Å². The Kier molecular flexibility index (Phi) is 8.64. The van der Waals surface area contributed by atoms with Crippen molar-refractivity contribution in [3.63, 3.8) is 0 Å². The van der Waals surface area contributed by atoms with Gasteiger partial charge in [0.25, 0.3) is 5.91 Å². The molecule has 0 bridgehead atoms. The van der Waals surface area contributed by atoms with Crippen LogP contribution in [0.4, 0.5) is 5.69 Å². The Balaban J connectivity index is 1.43. The van der Waals surface area contributed by atoms with Crippen molar-refractivity contribution in [2.45, 2.75) is 63.7 Å². The van der Waals surface area contributed by atoms with Crippen LogP contribution in [0.1, 0.15) is 65.5 Å². The Morgan fingerprint density at radius 1 is 1.06 bits per heavy atom. The van der Waals surface area contributed by atoms with E-state index in [1.165, 1.54) is 18.2 Å². The summed E-state index contributed by atoms with van der Waals surface area (Å²) in [6.07, 6.45) is 5.61. The molecule has 1 aromatic heterocycles. The van der Waals surface area contributed by atoms with Crippen LogP contribution in [0.25, 0.3) is 0 Å². The van der Waals surface area contributed by atoms with Crippen LogP contribution < -0.4 is 15.4 Å². The van der Waals surface area contributed by atoms with Gasteiger partial charge in [0, 0.05) is 17.3 Å². The number of aromatic nitrogens is 3. The zero-order valence-corrected chi connectivity index (χ0v) is 21.9. The Morgan fingerprint density at radius 3 is 2.50 bits per heavy atom. The lowest BCUT2D eigenvalue weighted by Gasteiger charge is -2.25. The largest absolute Gasteiger partial charge is 0.497 e. The highest BCUT2D eigenvalue weighted by Gasteiger charge is 2.24. The molecular formula is C27H33N5O3S. The van der Waals surface area contributed by atoms with Crippen LogP contribution >= 0.6 is 11.8 Å². The van der Waals surface area contributed by atoms with Crippen molar-refractivity contribution in [2.24, 2.45) is 0 Å². The number of carbonyl (C=O) groups is 2. The van der Waals surface area contributed by atoms with Crippen molar-refractivity contribution >= 4 is 29.3 Å². The fourth-order valence-electron chi connectivity index (χ4n) is 4.51. The molecule has 2 amide bonds. The molecule has 1 aliphatic rings. The minimum atomic E-state index is -0.183. The number of methoxy groups -OCH3 is 1. The molecule has 3 aromatic rings. The summed E-state index contributed by atoms with van der Waals surface area (Å²) in [5, 5.41) is 15.5. The van der Waals surface area contributed by atoms with Gasteiger partial charge in [-0.25, -0.2) is 0 Å². The molecule has 0 aliphatic heterocycles. The molecule has 8 nitrogen and oxygen atoms in total. The summed E-state index contributed by atoms with van der Waals surface area (Å²) >= 11 is 1.38. The lowest BCUT2D eigenvalue weighted by atomic mass is 9.95. The molecule has 2 aromatic carbocycles. The molecule has 0 radical (unpaired) electrons. The van der Waals surface area contributed by atoms with Gasteiger partial charge >= 0.3 is 0 Å². The van der Waals surface area contributed by atoms with E-state index in [4.69, 9.17) is 4.74 Å². The fraction of sp³-hybridized carbons (Fsp3) is 0.407. The second kappa shape index (κ2) is 12.1. The highest BCUT2D eigenvalue weighted by Crippen LogP contribution is 2.32. The fourth-order valence-corrected chi connectivity index (χ4v) is 5.33.